The molecule has 164 valence electrons. The van der Waals surface area contributed by atoms with Gasteiger partial charge >= 0.3 is 201 Å². The summed E-state index contributed by atoms with van der Waals surface area (Å²) in [4.78, 5) is 11.8. The van der Waals surface area contributed by atoms with Gasteiger partial charge < -0.3 is 0 Å². The van der Waals surface area contributed by atoms with Crippen LogP contribution >= 0.6 is 43.2 Å². The van der Waals surface area contributed by atoms with Gasteiger partial charge in [-0.15, -0.1) is 0 Å². The molecule has 1 aromatic heterocycles. The molecule has 1 saturated carbocycles. The van der Waals surface area contributed by atoms with Crippen molar-refractivity contribution in [3.8, 4) is 0 Å². The predicted molar refractivity (Wildman–Crippen MR) is 133 cm³/mol. The van der Waals surface area contributed by atoms with Crippen LogP contribution in [0.25, 0.3) is 0 Å². The molecule has 0 radical (unpaired) electrons. The fourth-order valence-electron chi connectivity index (χ4n) is 3.94. The number of carboxylic acid groups (broad SMARTS) is 1. The minimum absolute atomic E-state index is 0.0800. The summed E-state index contributed by atoms with van der Waals surface area (Å²) >= 11 is 8.65. The molecular formula is C22H29BBr2O4S. The molecule has 1 aromatic rings. The first-order valence-corrected chi connectivity index (χ1v) is 12.7. The van der Waals surface area contributed by atoms with Crippen LogP contribution < -0.4 is 0 Å². The van der Waals surface area contributed by atoms with E-state index in [0.29, 0.717) is 19.3 Å². The van der Waals surface area contributed by atoms with Gasteiger partial charge in [-0.05, 0) is 0 Å². The molecular weight excluding hydrogens is 531 g/mol. The summed E-state index contributed by atoms with van der Waals surface area (Å²) in [5, 5.41) is 29.6. The Morgan fingerprint density at radius 1 is 1.37 bits per heavy atom. The van der Waals surface area contributed by atoms with Crippen LogP contribution in [0.1, 0.15) is 43.4 Å². The van der Waals surface area contributed by atoms with Crippen molar-refractivity contribution in [1.29, 1.82) is 0 Å². The molecule has 8 heteroatoms. The number of hydrogen-bond acceptors (Lipinski definition) is 4. The van der Waals surface area contributed by atoms with Gasteiger partial charge in [-0.1, -0.05) is 0 Å². The quantitative estimate of drug-likeness (QED) is 0.198. The summed E-state index contributed by atoms with van der Waals surface area (Å²) in [6.45, 7) is 0. The summed E-state index contributed by atoms with van der Waals surface area (Å²) in [6, 6.07) is 2.07. The topological polar surface area (TPSA) is 77.8 Å². The van der Waals surface area contributed by atoms with E-state index in [4.69, 9.17) is 5.11 Å². The third kappa shape index (κ3) is 8.19. The SMILES string of the molecule is B=C[C@@H]1CC(O)[C@H](C/C=C\CCCC(=O)O)[C@H]1/C=C/[C@@H](O)CCc1cc(Br)c(Br)s1. The molecule has 0 bridgehead atoms. The van der Waals surface area contributed by atoms with Crippen LogP contribution in [0.5, 0.6) is 0 Å². The molecule has 0 aliphatic heterocycles. The number of aryl methyl sites for hydroxylation is 1. The van der Waals surface area contributed by atoms with Crippen LogP contribution in [0.3, 0.4) is 0 Å². The Kier molecular flexibility index (Phi) is 11.2. The van der Waals surface area contributed by atoms with E-state index in [0.717, 1.165) is 27.5 Å². The van der Waals surface area contributed by atoms with Crippen molar-refractivity contribution < 1.29 is 20.1 Å². The first-order valence-electron chi connectivity index (χ1n) is 10.3. The van der Waals surface area contributed by atoms with Crippen LogP contribution in [-0.4, -0.2) is 47.0 Å². The van der Waals surface area contributed by atoms with Crippen molar-refractivity contribution >= 4 is 62.6 Å². The Balaban J connectivity index is 1.89. The summed E-state index contributed by atoms with van der Waals surface area (Å²) < 4.78 is 2.11. The average Bonchev–Trinajstić information content (AvgIpc) is 3.19. The van der Waals surface area contributed by atoms with Crippen molar-refractivity contribution in [3.63, 3.8) is 0 Å². The second kappa shape index (κ2) is 13.1. The molecule has 0 saturated heterocycles. The van der Waals surface area contributed by atoms with Crippen molar-refractivity contribution in [2.45, 2.75) is 57.2 Å². The molecule has 0 amide bonds. The zero-order chi connectivity index (χ0) is 22.1. The van der Waals surface area contributed by atoms with Crippen LogP contribution in [0, 0.1) is 17.8 Å². The van der Waals surface area contributed by atoms with Gasteiger partial charge in [0.05, 0.1) is 0 Å². The molecule has 2 rings (SSSR count). The fourth-order valence-corrected chi connectivity index (χ4v) is 6.13. The maximum absolute atomic E-state index is 10.6. The van der Waals surface area contributed by atoms with Gasteiger partial charge in [0.2, 0.25) is 0 Å². The first kappa shape index (κ1) is 25.7. The number of rotatable bonds is 12. The minimum atomic E-state index is -0.772. The van der Waals surface area contributed by atoms with Crippen LogP contribution in [0.15, 0.2) is 38.6 Å². The Morgan fingerprint density at radius 2 is 2.13 bits per heavy atom. The summed E-state index contributed by atoms with van der Waals surface area (Å²) in [6.07, 6.45) is 11.5. The second-order valence-corrected chi connectivity index (χ2v) is 11.1. The van der Waals surface area contributed by atoms with Gasteiger partial charge in [0.15, 0.2) is 0 Å². The number of aliphatic hydroxyl groups excluding tert-OH is 2. The zero-order valence-electron chi connectivity index (χ0n) is 16.9. The number of halogens is 2. The third-order valence-electron chi connectivity index (χ3n) is 5.57. The second-order valence-electron chi connectivity index (χ2n) is 7.76. The number of carboxylic acids is 1. The van der Waals surface area contributed by atoms with Gasteiger partial charge in [0.1, 0.15) is 0 Å². The van der Waals surface area contributed by atoms with Crippen LogP contribution in [0.2, 0.25) is 0 Å². The Morgan fingerprint density at radius 3 is 2.77 bits per heavy atom. The van der Waals surface area contributed by atoms with E-state index in [-0.39, 0.29) is 24.2 Å². The fraction of sp³-hybridized carbons (Fsp3) is 0.545. The molecule has 4 nitrogen and oxygen atoms in total. The Bertz CT molecular complexity index is 745. The van der Waals surface area contributed by atoms with Gasteiger partial charge in [-0.25, -0.2) is 0 Å². The number of aliphatic hydroxyl groups is 2. The zero-order valence-corrected chi connectivity index (χ0v) is 20.9. The average molecular weight is 560 g/mol. The monoisotopic (exact) mass is 558 g/mol. The number of aliphatic carboxylic acids is 1. The van der Waals surface area contributed by atoms with Gasteiger partial charge in [0, 0.05) is 0 Å². The third-order valence-corrected chi connectivity index (χ3v) is 8.89. The standard InChI is InChI=1S/C22H29BBr2O4S/c23-13-14-11-20(27)18(5-3-1-2-4-6-21(28)29)17(14)10-8-15(26)7-9-16-12-19(24)22(25)30-16/h1,3,8,10,12-15,17-18,20,23,26-27H,2,4-7,9,11H2,(H,28,29)/b3-1-,10-8+/t14-,15-,17-,18+,20?/m0/s1. The Labute approximate surface area is 200 Å². The van der Waals surface area contributed by atoms with Crippen molar-refractivity contribution in [3.05, 3.63) is 43.5 Å². The van der Waals surface area contributed by atoms with E-state index in [1.807, 2.05) is 24.2 Å². The number of hydrogen-bond donors (Lipinski definition) is 3. The molecule has 1 unspecified atom stereocenters. The molecule has 1 aliphatic rings. The van der Waals surface area contributed by atoms with E-state index in [2.05, 4.69) is 51.5 Å². The van der Waals surface area contributed by atoms with E-state index < -0.39 is 18.2 Å². The number of unbranched alkanes of at least 4 members (excludes halogenated alkanes) is 1. The molecule has 0 aromatic carbocycles. The maximum atomic E-state index is 10.6. The van der Waals surface area contributed by atoms with Crippen LogP contribution in [0.4, 0.5) is 0 Å². The van der Waals surface area contributed by atoms with Gasteiger partial charge in [-0.3, -0.25) is 0 Å². The molecule has 30 heavy (non-hydrogen) atoms. The first-order chi connectivity index (χ1) is 14.3. The molecule has 1 fully saturated rings. The van der Waals surface area contributed by atoms with Crippen LogP contribution in [-0.2, 0) is 11.2 Å². The number of allylic oxidation sites excluding steroid dienone is 3. The van der Waals surface area contributed by atoms with Crippen molar-refractivity contribution in [2.75, 3.05) is 0 Å². The molecule has 5 atom stereocenters. The summed E-state index contributed by atoms with van der Waals surface area (Å²) in [7, 11) is 3.92. The van der Waals surface area contributed by atoms with E-state index in [1.54, 1.807) is 11.3 Å². The number of thiophene rings is 1. The normalized spacial score (nSPS) is 25.3. The summed E-state index contributed by atoms with van der Waals surface area (Å²) in [5.74, 6) is 1.55. The van der Waals surface area contributed by atoms with E-state index in [1.165, 1.54) is 4.88 Å². The van der Waals surface area contributed by atoms with E-state index >= 15 is 0 Å². The molecule has 1 aliphatic carbocycles. The predicted octanol–water partition coefficient (Wildman–Crippen LogP) is 4.64. The van der Waals surface area contributed by atoms with Gasteiger partial charge in [-0.2, -0.15) is 0 Å². The van der Waals surface area contributed by atoms with Crippen molar-refractivity contribution in [2.24, 2.45) is 17.8 Å². The Hall–Kier alpha value is -0.535. The summed E-state index contributed by atoms with van der Waals surface area (Å²) in [5.41, 5.74) is 0. The van der Waals surface area contributed by atoms with Crippen molar-refractivity contribution in [1.82, 2.24) is 0 Å². The molecule has 3 N–H and O–H groups in total. The van der Waals surface area contributed by atoms with Gasteiger partial charge in [0.25, 0.3) is 0 Å². The molecule has 1 heterocycles. The van der Waals surface area contributed by atoms with E-state index in [9.17, 15) is 15.0 Å². The molecule has 0 spiro atoms. The number of carbonyl (C=O) groups is 1.